The molecule has 0 amide bonds. The van der Waals surface area contributed by atoms with Gasteiger partial charge in [-0.1, -0.05) is 6.07 Å². The van der Waals surface area contributed by atoms with Gasteiger partial charge in [-0.15, -0.1) is 0 Å². The van der Waals surface area contributed by atoms with Crippen LogP contribution in [-0.2, 0) is 15.9 Å². The molecule has 96 valence electrons. The molecule has 0 aliphatic carbocycles. The molecule has 1 aromatic heterocycles. The molecule has 2 aliphatic rings. The molecule has 1 saturated heterocycles. The van der Waals surface area contributed by atoms with Crippen molar-refractivity contribution in [2.24, 2.45) is 0 Å². The van der Waals surface area contributed by atoms with E-state index in [1.165, 1.54) is 0 Å². The average Bonchev–Trinajstić information content (AvgIpc) is 2.80. The quantitative estimate of drug-likeness (QED) is 0.719. The Morgan fingerprint density at radius 3 is 2.56 bits per heavy atom. The fourth-order valence-corrected chi connectivity index (χ4v) is 2.11. The van der Waals surface area contributed by atoms with Gasteiger partial charge in [0.05, 0.1) is 11.2 Å². The van der Waals surface area contributed by atoms with Crippen molar-refractivity contribution < 1.29 is 9.31 Å². The lowest BCUT2D eigenvalue weighted by Crippen LogP contribution is -2.41. The molecule has 2 N–H and O–H groups in total. The van der Waals surface area contributed by atoms with E-state index in [0.29, 0.717) is 0 Å². The van der Waals surface area contributed by atoms with Gasteiger partial charge < -0.3 is 14.7 Å². The van der Waals surface area contributed by atoms with Crippen LogP contribution in [0.1, 0.15) is 33.3 Å². The van der Waals surface area contributed by atoms with Crippen molar-refractivity contribution in [1.82, 2.24) is 10.4 Å². The fraction of sp³-hybridized carbons (Fsp3) is 0.583. The standard InChI is InChI=1S/C12H18BN3O2/c1-11(2)12(3,4)18-13(17-11)9-5-8-6-15-16-10(8)14-7-9/h5,7,15H,6H2,1-4H3,(H,14,16). The van der Waals surface area contributed by atoms with Gasteiger partial charge in [0.25, 0.3) is 0 Å². The second-order valence-electron chi connectivity index (χ2n) is 5.84. The number of hydrazine groups is 1. The smallest absolute Gasteiger partial charge is 0.399 e. The first kappa shape index (κ1) is 12.0. The Labute approximate surface area is 107 Å². The van der Waals surface area contributed by atoms with E-state index < -0.39 is 0 Å². The van der Waals surface area contributed by atoms with Gasteiger partial charge >= 0.3 is 7.12 Å². The number of anilines is 1. The summed E-state index contributed by atoms with van der Waals surface area (Å²) in [5.74, 6) is 0.885. The summed E-state index contributed by atoms with van der Waals surface area (Å²) in [6.07, 6.45) is 1.81. The summed E-state index contributed by atoms with van der Waals surface area (Å²) in [5, 5.41) is 0. The van der Waals surface area contributed by atoms with Crippen molar-refractivity contribution in [3.05, 3.63) is 17.8 Å². The molecule has 2 aliphatic heterocycles. The lowest BCUT2D eigenvalue weighted by molar-refractivity contribution is 0.00578. The molecule has 0 spiro atoms. The van der Waals surface area contributed by atoms with E-state index >= 15 is 0 Å². The molecular formula is C12H18BN3O2. The van der Waals surface area contributed by atoms with Crippen LogP contribution >= 0.6 is 0 Å². The molecular weight excluding hydrogens is 229 g/mol. The minimum Gasteiger partial charge on any atom is -0.399 e. The van der Waals surface area contributed by atoms with Crippen LogP contribution in [0.3, 0.4) is 0 Å². The van der Waals surface area contributed by atoms with Crippen LogP contribution in [0.25, 0.3) is 0 Å². The molecule has 3 rings (SSSR count). The molecule has 5 nitrogen and oxygen atoms in total. The zero-order chi connectivity index (χ0) is 13.0. The zero-order valence-corrected chi connectivity index (χ0v) is 11.2. The molecule has 6 heteroatoms. The van der Waals surface area contributed by atoms with Crippen LogP contribution in [0.15, 0.2) is 12.3 Å². The fourth-order valence-electron chi connectivity index (χ4n) is 2.11. The molecule has 1 aromatic rings. The summed E-state index contributed by atoms with van der Waals surface area (Å²) in [4.78, 5) is 4.37. The molecule has 0 unspecified atom stereocenters. The monoisotopic (exact) mass is 247 g/mol. The van der Waals surface area contributed by atoms with E-state index in [0.717, 1.165) is 23.4 Å². The predicted octanol–water partition coefficient (Wildman–Crippen LogP) is 0.811. The summed E-state index contributed by atoms with van der Waals surface area (Å²) < 4.78 is 12.0. The highest BCUT2D eigenvalue weighted by atomic mass is 16.7. The van der Waals surface area contributed by atoms with Gasteiger partial charge in [0.2, 0.25) is 0 Å². The minimum atomic E-state index is -0.339. The van der Waals surface area contributed by atoms with Gasteiger partial charge in [-0.3, -0.25) is 0 Å². The summed E-state index contributed by atoms with van der Waals surface area (Å²) in [7, 11) is -0.339. The van der Waals surface area contributed by atoms with Gasteiger partial charge in [0.15, 0.2) is 0 Å². The minimum absolute atomic E-state index is 0.312. The highest BCUT2D eigenvalue weighted by Gasteiger charge is 2.51. The molecule has 0 bridgehead atoms. The largest absolute Gasteiger partial charge is 0.496 e. The number of hydrogen-bond acceptors (Lipinski definition) is 5. The van der Waals surface area contributed by atoms with E-state index in [1.807, 2.05) is 0 Å². The number of hydrogen-bond donors (Lipinski definition) is 2. The molecule has 0 aromatic carbocycles. The van der Waals surface area contributed by atoms with E-state index in [-0.39, 0.29) is 18.3 Å². The summed E-state index contributed by atoms with van der Waals surface area (Å²) >= 11 is 0. The number of nitrogens with zero attached hydrogens (tertiary/aromatic N) is 1. The second kappa shape index (κ2) is 3.69. The Bertz CT molecular complexity index is 474. The summed E-state index contributed by atoms with van der Waals surface area (Å²) in [6.45, 7) is 8.98. The maximum absolute atomic E-state index is 6.01. The Kier molecular flexibility index (Phi) is 2.45. The average molecular weight is 247 g/mol. The maximum atomic E-state index is 6.01. The summed E-state index contributed by atoms with van der Waals surface area (Å²) in [6, 6.07) is 2.08. The normalized spacial score (nSPS) is 23.9. The van der Waals surface area contributed by atoms with Crippen molar-refractivity contribution in [2.45, 2.75) is 45.4 Å². The zero-order valence-electron chi connectivity index (χ0n) is 11.2. The predicted molar refractivity (Wildman–Crippen MR) is 70.4 cm³/mol. The molecule has 18 heavy (non-hydrogen) atoms. The lowest BCUT2D eigenvalue weighted by atomic mass is 9.79. The molecule has 1 fully saturated rings. The number of fused-ring (bicyclic) bond motifs is 1. The first-order chi connectivity index (χ1) is 8.39. The first-order valence-electron chi connectivity index (χ1n) is 6.22. The van der Waals surface area contributed by atoms with Crippen molar-refractivity contribution in [1.29, 1.82) is 0 Å². The first-order valence-corrected chi connectivity index (χ1v) is 6.22. The van der Waals surface area contributed by atoms with Crippen LogP contribution in [-0.4, -0.2) is 23.3 Å². The van der Waals surface area contributed by atoms with Crippen LogP contribution in [0, 0.1) is 0 Å². The lowest BCUT2D eigenvalue weighted by Gasteiger charge is -2.32. The Hall–Kier alpha value is -1.11. The number of pyridine rings is 1. The van der Waals surface area contributed by atoms with Crippen LogP contribution in [0.5, 0.6) is 0 Å². The Balaban J connectivity index is 1.89. The molecule has 0 radical (unpaired) electrons. The van der Waals surface area contributed by atoms with Crippen LogP contribution in [0.4, 0.5) is 5.82 Å². The van der Waals surface area contributed by atoms with Crippen molar-refractivity contribution >= 4 is 18.4 Å². The Morgan fingerprint density at radius 2 is 1.89 bits per heavy atom. The van der Waals surface area contributed by atoms with Gasteiger partial charge in [-0.05, 0) is 27.7 Å². The SMILES string of the molecule is CC1(C)OB(c2cnc3c(c2)CNN3)OC1(C)C. The third-order valence-corrected chi connectivity index (χ3v) is 4.00. The van der Waals surface area contributed by atoms with Crippen molar-refractivity contribution in [2.75, 3.05) is 5.43 Å². The van der Waals surface area contributed by atoms with Crippen LogP contribution < -0.4 is 16.3 Å². The second-order valence-corrected chi connectivity index (χ2v) is 5.84. The third-order valence-electron chi connectivity index (χ3n) is 4.00. The number of nitrogens with one attached hydrogen (secondary N) is 2. The van der Waals surface area contributed by atoms with Gasteiger partial charge in [-0.25, -0.2) is 10.4 Å². The van der Waals surface area contributed by atoms with Crippen LogP contribution in [0.2, 0.25) is 0 Å². The number of rotatable bonds is 1. The summed E-state index contributed by atoms with van der Waals surface area (Å²) in [5.41, 5.74) is 7.54. The third kappa shape index (κ3) is 1.72. The van der Waals surface area contributed by atoms with E-state index in [9.17, 15) is 0 Å². The molecule has 0 saturated carbocycles. The molecule has 3 heterocycles. The highest BCUT2D eigenvalue weighted by molar-refractivity contribution is 6.62. The number of aromatic nitrogens is 1. The van der Waals surface area contributed by atoms with Gasteiger partial charge in [0, 0.05) is 23.8 Å². The highest BCUT2D eigenvalue weighted by Crippen LogP contribution is 2.36. The molecule has 0 atom stereocenters. The van der Waals surface area contributed by atoms with E-state index in [1.54, 1.807) is 6.20 Å². The van der Waals surface area contributed by atoms with Gasteiger partial charge in [0.1, 0.15) is 5.82 Å². The topological polar surface area (TPSA) is 55.4 Å². The van der Waals surface area contributed by atoms with Crippen molar-refractivity contribution in [3.8, 4) is 0 Å². The van der Waals surface area contributed by atoms with Gasteiger partial charge in [-0.2, -0.15) is 0 Å². The van der Waals surface area contributed by atoms with Crippen molar-refractivity contribution in [3.63, 3.8) is 0 Å². The maximum Gasteiger partial charge on any atom is 0.496 e. The van der Waals surface area contributed by atoms with E-state index in [4.69, 9.17) is 9.31 Å². The van der Waals surface area contributed by atoms with E-state index in [2.05, 4.69) is 49.6 Å². The Morgan fingerprint density at radius 1 is 1.22 bits per heavy atom.